The molecule has 0 spiro atoms. The molecule has 1 saturated heterocycles. The molecule has 1 heterocycles. The highest BCUT2D eigenvalue weighted by Gasteiger charge is 2.37. The van der Waals surface area contributed by atoms with E-state index < -0.39 is 0 Å². The van der Waals surface area contributed by atoms with Crippen LogP contribution in [0.1, 0.15) is 40.0 Å². The van der Waals surface area contributed by atoms with E-state index in [0.717, 1.165) is 5.92 Å². The summed E-state index contributed by atoms with van der Waals surface area (Å²) in [6.45, 7) is 7.00. The second-order valence-electron chi connectivity index (χ2n) is 4.02. The highest BCUT2D eigenvalue weighted by molar-refractivity contribution is 8.07. The van der Waals surface area contributed by atoms with Crippen molar-refractivity contribution >= 4 is 11.8 Å². The van der Waals surface area contributed by atoms with Gasteiger partial charge in [-0.2, -0.15) is 11.8 Å². The van der Waals surface area contributed by atoms with Gasteiger partial charge in [-0.3, -0.25) is 0 Å². The normalized spacial score (nSPS) is 31.2. The lowest BCUT2D eigenvalue weighted by molar-refractivity contribution is 0.518. The summed E-state index contributed by atoms with van der Waals surface area (Å²) in [7, 11) is 0. The molecule has 1 heteroatoms. The average molecular weight is 158 g/mol. The molecule has 10 heavy (non-hydrogen) atoms. The first-order valence-electron chi connectivity index (χ1n) is 4.26. The van der Waals surface area contributed by atoms with Crippen molar-refractivity contribution in [1.29, 1.82) is 0 Å². The molecular weight excluding hydrogens is 140 g/mol. The Balaban J connectivity index is 1.95. The lowest BCUT2D eigenvalue weighted by Gasteiger charge is -2.07. The molecule has 1 aliphatic rings. The molecule has 0 aromatic carbocycles. The Hall–Kier alpha value is 0.350. The maximum atomic E-state index is 2.39. The van der Waals surface area contributed by atoms with Crippen LogP contribution in [0.4, 0.5) is 0 Å². The Bertz CT molecular complexity index is 103. The zero-order valence-electron chi connectivity index (χ0n) is 7.31. The predicted molar refractivity (Wildman–Crippen MR) is 49.6 cm³/mol. The van der Waals surface area contributed by atoms with Gasteiger partial charge in [-0.15, -0.1) is 0 Å². The van der Waals surface area contributed by atoms with Crippen molar-refractivity contribution in [3.05, 3.63) is 0 Å². The maximum absolute atomic E-state index is 2.39. The van der Waals surface area contributed by atoms with Gasteiger partial charge in [0.05, 0.1) is 0 Å². The van der Waals surface area contributed by atoms with E-state index in [-0.39, 0.29) is 0 Å². The van der Waals surface area contributed by atoms with Crippen molar-refractivity contribution in [2.75, 3.05) is 5.75 Å². The standard InChI is InChI=1S/C9H18S/c1-8(2)5-4-6-9(3)7-10-9/h8H,4-7H2,1-3H3. The van der Waals surface area contributed by atoms with E-state index in [0.29, 0.717) is 4.75 Å². The van der Waals surface area contributed by atoms with Gasteiger partial charge in [0.2, 0.25) is 0 Å². The van der Waals surface area contributed by atoms with Crippen molar-refractivity contribution < 1.29 is 0 Å². The van der Waals surface area contributed by atoms with E-state index in [1.807, 2.05) is 0 Å². The Morgan fingerprint density at radius 3 is 2.50 bits per heavy atom. The van der Waals surface area contributed by atoms with Gasteiger partial charge in [-0.1, -0.05) is 26.7 Å². The van der Waals surface area contributed by atoms with Gasteiger partial charge >= 0.3 is 0 Å². The fraction of sp³-hybridized carbons (Fsp3) is 1.00. The Kier molecular flexibility index (Phi) is 2.67. The van der Waals surface area contributed by atoms with Crippen LogP contribution in [-0.2, 0) is 0 Å². The smallest absolute Gasteiger partial charge is 0.0223 e. The molecule has 0 radical (unpaired) electrons. The van der Waals surface area contributed by atoms with Crippen LogP contribution in [0.2, 0.25) is 0 Å². The van der Waals surface area contributed by atoms with Gasteiger partial charge in [0, 0.05) is 10.5 Å². The zero-order chi connectivity index (χ0) is 7.61. The number of hydrogen-bond donors (Lipinski definition) is 0. The van der Waals surface area contributed by atoms with Crippen LogP contribution in [-0.4, -0.2) is 10.5 Å². The summed E-state index contributed by atoms with van der Waals surface area (Å²) in [5.74, 6) is 2.30. The van der Waals surface area contributed by atoms with Crippen LogP contribution >= 0.6 is 11.8 Å². The lowest BCUT2D eigenvalue weighted by Crippen LogP contribution is -2.02. The van der Waals surface area contributed by atoms with Crippen molar-refractivity contribution in [3.63, 3.8) is 0 Å². The number of rotatable bonds is 4. The minimum absolute atomic E-state index is 0.703. The quantitative estimate of drug-likeness (QED) is 0.566. The van der Waals surface area contributed by atoms with Crippen molar-refractivity contribution in [1.82, 2.24) is 0 Å². The Morgan fingerprint density at radius 2 is 2.10 bits per heavy atom. The van der Waals surface area contributed by atoms with Crippen LogP contribution in [0.15, 0.2) is 0 Å². The molecule has 1 rings (SSSR count). The molecule has 1 unspecified atom stereocenters. The third-order valence-corrected chi connectivity index (χ3v) is 3.60. The Labute approximate surface area is 68.8 Å². The molecule has 0 bridgehead atoms. The van der Waals surface area contributed by atoms with Crippen LogP contribution < -0.4 is 0 Å². The van der Waals surface area contributed by atoms with E-state index in [4.69, 9.17) is 0 Å². The van der Waals surface area contributed by atoms with Crippen LogP contribution in [0.25, 0.3) is 0 Å². The third kappa shape index (κ3) is 2.96. The first-order valence-corrected chi connectivity index (χ1v) is 5.25. The first kappa shape index (κ1) is 8.45. The number of hydrogen-bond acceptors (Lipinski definition) is 1. The van der Waals surface area contributed by atoms with Gasteiger partial charge in [-0.05, 0) is 19.3 Å². The summed E-state index contributed by atoms with van der Waals surface area (Å²) in [4.78, 5) is 0. The summed E-state index contributed by atoms with van der Waals surface area (Å²) >= 11 is 2.12. The van der Waals surface area contributed by atoms with Crippen LogP contribution in [0, 0.1) is 5.92 Å². The average Bonchev–Trinajstić information content (AvgIpc) is 2.47. The zero-order valence-corrected chi connectivity index (χ0v) is 8.13. The van der Waals surface area contributed by atoms with Gasteiger partial charge in [0.1, 0.15) is 0 Å². The summed E-state index contributed by atoms with van der Waals surface area (Å²) in [6.07, 6.45) is 4.28. The lowest BCUT2D eigenvalue weighted by atomic mass is 10.0. The minimum Gasteiger partial charge on any atom is -0.153 e. The molecule has 1 aliphatic heterocycles. The molecule has 0 N–H and O–H groups in total. The van der Waals surface area contributed by atoms with E-state index in [1.54, 1.807) is 0 Å². The summed E-state index contributed by atoms with van der Waals surface area (Å²) in [5.41, 5.74) is 0. The van der Waals surface area contributed by atoms with Crippen molar-refractivity contribution in [2.45, 2.75) is 44.8 Å². The highest BCUT2D eigenvalue weighted by Crippen LogP contribution is 2.47. The number of thioether (sulfide) groups is 1. The summed E-state index contributed by atoms with van der Waals surface area (Å²) < 4.78 is 0.703. The minimum atomic E-state index is 0.703. The van der Waals surface area contributed by atoms with E-state index >= 15 is 0 Å². The van der Waals surface area contributed by atoms with Crippen LogP contribution in [0.3, 0.4) is 0 Å². The van der Waals surface area contributed by atoms with E-state index in [9.17, 15) is 0 Å². The van der Waals surface area contributed by atoms with E-state index in [1.165, 1.54) is 25.0 Å². The highest BCUT2D eigenvalue weighted by atomic mass is 32.2. The molecule has 1 atom stereocenters. The topological polar surface area (TPSA) is 0 Å². The monoisotopic (exact) mass is 158 g/mol. The largest absolute Gasteiger partial charge is 0.153 e. The van der Waals surface area contributed by atoms with Crippen LogP contribution in [0.5, 0.6) is 0 Å². The second kappa shape index (κ2) is 3.17. The maximum Gasteiger partial charge on any atom is 0.0223 e. The predicted octanol–water partition coefficient (Wildman–Crippen LogP) is 3.32. The molecule has 0 amide bonds. The molecule has 0 aromatic rings. The van der Waals surface area contributed by atoms with Gasteiger partial charge in [0.25, 0.3) is 0 Å². The molecule has 0 aromatic heterocycles. The molecule has 0 nitrogen and oxygen atoms in total. The molecule has 0 aliphatic carbocycles. The van der Waals surface area contributed by atoms with Gasteiger partial charge in [-0.25, -0.2) is 0 Å². The SMILES string of the molecule is CC(C)CCCC1(C)CS1. The van der Waals surface area contributed by atoms with Crippen molar-refractivity contribution in [3.8, 4) is 0 Å². The van der Waals surface area contributed by atoms with E-state index in [2.05, 4.69) is 32.5 Å². The molecule has 0 saturated carbocycles. The fourth-order valence-electron chi connectivity index (χ4n) is 1.15. The molecule has 1 fully saturated rings. The Morgan fingerprint density at radius 1 is 1.50 bits per heavy atom. The fourth-order valence-corrected chi connectivity index (χ4v) is 1.83. The molecule has 60 valence electrons. The first-order chi connectivity index (χ1) is 4.62. The third-order valence-electron chi connectivity index (χ3n) is 2.12. The molecular formula is C9H18S. The van der Waals surface area contributed by atoms with Gasteiger partial charge in [0.15, 0.2) is 0 Å². The van der Waals surface area contributed by atoms with Gasteiger partial charge < -0.3 is 0 Å². The summed E-state index contributed by atoms with van der Waals surface area (Å²) in [5, 5.41) is 0. The summed E-state index contributed by atoms with van der Waals surface area (Å²) in [6, 6.07) is 0. The van der Waals surface area contributed by atoms with Crippen molar-refractivity contribution in [2.24, 2.45) is 5.92 Å². The second-order valence-corrected chi connectivity index (χ2v) is 5.59.